The van der Waals surface area contributed by atoms with E-state index in [0.29, 0.717) is 18.0 Å². The minimum Gasteiger partial charge on any atom is -0.347 e. The number of nitrogens with one attached hydrogen (secondary N) is 1. The van der Waals surface area contributed by atoms with Crippen LogP contribution in [0.4, 0.5) is 8.78 Å². The molecule has 1 amide bonds. The first kappa shape index (κ1) is 18.3. The van der Waals surface area contributed by atoms with Crippen molar-refractivity contribution in [2.24, 2.45) is 0 Å². The third-order valence-electron chi connectivity index (χ3n) is 5.49. The Morgan fingerprint density at radius 3 is 2.32 bits per heavy atom. The molecule has 1 saturated heterocycles. The smallest absolute Gasteiger partial charge is 0.220 e. The van der Waals surface area contributed by atoms with Crippen LogP contribution in [-0.4, -0.2) is 55.0 Å². The van der Waals surface area contributed by atoms with Crippen LogP contribution in [0.2, 0.25) is 0 Å². The average Bonchev–Trinajstić information content (AvgIpc) is 3.33. The molecule has 1 aromatic carbocycles. The Balaban J connectivity index is 1.50. The molecular formula is C19H27F2N3O. The normalized spacial score (nSPS) is 21.8. The molecule has 6 heteroatoms. The summed E-state index contributed by atoms with van der Waals surface area (Å²) in [6, 6.07) is 3.87. The van der Waals surface area contributed by atoms with Gasteiger partial charge in [0.15, 0.2) is 0 Å². The monoisotopic (exact) mass is 351 g/mol. The van der Waals surface area contributed by atoms with Crippen molar-refractivity contribution in [2.75, 3.05) is 33.2 Å². The molecule has 1 heterocycles. The van der Waals surface area contributed by atoms with Crippen LogP contribution >= 0.6 is 0 Å². The lowest BCUT2D eigenvalue weighted by atomic mass is 10.0. The molecule has 0 aromatic heterocycles. The Morgan fingerprint density at radius 1 is 1.16 bits per heavy atom. The maximum absolute atomic E-state index is 13.4. The molecule has 25 heavy (non-hydrogen) atoms. The lowest BCUT2D eigenvalue weighted by Gasteiger charge is -2.36. The van der Waals surface area contributed by atoms with Crippen LogP contribution in [0.3, 0.4) is 0 Å². The molecule has 0 radical (unpaired) electrons. The van der Waals surface area contributed by atoms with Gasteiger partial charge in [-0.2, -0.15) is 0 Å². The summed E-state index contributed by atoms with van der Waals surface area (Å²) >= 11 is 0. The van der Waals surface area contributed by atoms with E-state index in [1.54, 1.807) is 0 Å². The standard InChI is InChI=1S/C19H27F2N3O/c1-14(24-9-7-23(2)8-10-24)3-4-18(25)22-19(5-6-19)15-11-16(20)13-17(21)12-15/h11-14H,3-10H2,1-2H3,(H,22,25)/t14-/m0/s1. The fourth-order valence-electron chi connectivity index (χ4n) is 3.56. The molecule has 1 saturated carbocycles. The van der Waals surface area contributed by atoms with Crippen molar-refractivity contribution in [3.8, 4) is 0 Å². The molecule has 2 aliphatic rings. The van der Waals surface area contributed by atoms with Crippen molar-refractivity contribution in [3.05, 3.63) is 35.4 Å². The summed E-state index contributed by atoms with van der Waals surface area (Å²) in [5.41, 5.74) is -0.0395. The predicted octanol–water partition coefficient (Wildman–Crippen LogP) is 2.49. The maximum Gasteiger partial charge on any atom is 0.220 e. The van der Waals surface area contributed by atoms with Gasteiger partial charge < -0.3 is 10.2 Å². The van der Waals surface area contributed by atoms with E-state index < -0.39 is 17.2 Å². The number of hydrogen-bond donors (Lipinski definition) is 1. The third-order valence-corrected chi connectivity index (χ3v) is 5.49. The number of hydrogen-bond acceptors (Lipinski definition) is 3. The first-order valence-corrected chi connectivity index (χ1v) is 9.08. The van der Waals surface area contributed by atoms with Crippen LogP contribution in [0.1, 0.15) is 38.2 Å². The quantitative estimate of drug-likeness (QED) is 0.855. The van der Waals surface area contributed by atoms with Crippen LogP contribution in [0, 0.1) is 11.6 Å². The zero-order chi connectivity index (χ0) is 18.0. The molecule has 1 aliphatic heterocycles. The predicted molar refractivity (Wildman–Crippen MR) is 93.2 cm³/mol. The highest BCUT2D eigenvalue weighted by atomic mass is 19.1. The highest BCUT2D eigenvalue weighted by molar-refractivity contribution is 5.77. The number of piperazine rings is 1. The van der Waals surface area contributed by atoms with Crippen molar-refractivity contribution < 1.29 is 13.6 Å². The van der Waals surface area contributed by atoms with Gasteiger partial charge in [0.1, 0.15) is 11.6 Å². The number of carbonyl (C=O) groups excluding carboxylic acids is 1. The van der Waals surface area contributed by atoms with E-state index in [4.69, 9.17) is 0 Å². The van der Waals surface area contributed by atoms with E-state index in [-0.39, 0.29) is 5.91 Å². The van der Waals surface area contributed by atoms with Crippen LogP contribution in [0.15, 0.2) is 18.2 Å². The van der Waals surface area contributed by atoms with Crippen LogP contribution in [-0.2, 0) is 10.3 Å². The Bertz CT molecular complexity index is 605. The SMILES string of the molecule is C[C@@H](CCC(=O)NC1(c2cc(F)cc(F)c2)CC1)N1CCN(C)CC1. The van der Waals surface area contributed by atoms with Gasteiger partial charge in [-0.05, 0) is 50.9 Å². The molecule has 1 aromatic rings. The summed E-state index contributed by atoms with van der Waals surface area (Å²) in [6.07, 6.45) is 2.70. The van der Waals surface area contributed by atoms with Crippen molar-refractivity contribution in [3.63, 3.8) is 0 Å². The third kappa shape index (κ3) is 4.55. The van der Waals surface area contributed by atoms with Gasteiger partial charge in [-0.3, -0.25) is 9.69 Å². The highest BCUT2D eigenvalue weighted by Gasteiger charge is 2.46. The Labute approximate surface area is 148 Å². The first-order chi connectivity index (χ1) is 11.9. The highest BCUT2D eigenvalue weighted by Crippen LogP contribution is 2.46. The van der Waals surface area contributed by atoms with E-state index in [1.807, 2.05) is 0 Å². The summed E-state index contributed by atoms with van der Waals surface area (Å²) in [7, 11) is 2.12. The van der Waals surface area contributed by atoms with Gasteiger partial charge in [0, 0.05) is 44.7 Å². The van der Waals surface area contributed by atoms with E-state index in [9.17, 15) is 13.6 Å². The van der Waals surface area contributed by atoms with E-state index in [1.165, 1.54) is 12.1 Å². The fourth-order valence-corrected chi connectivity index (χ4v) is 3.56. The molecule has 1 atom stereocenters. The van der Waals surface area contributed by atoms with Crippen LogP contribution in [0.5, 0.6) is 0 Å². The lowest BCUT2D eigenvalue weighted by Crippen LogP contribution is -2.48. The number of carbonyl (C=O) groups is 1. The molecule has 1 aliphatic carbocycles. The van der Waals surface area contributed by atoms with Gasteiger partial charge in [-0.15, -0.1) is 0 Å². The zero-order valence-corrected chi connectivity index (χ0v) is 15.0. The second-order valence-corrected chi connectivity index (χ2v) is 7.52. The Hall–Kier alpha value is -1.53. The molecule has 0 spiro atoms. The summed E-state index contributed by atoms with van der Waals surface area (Å²) in [5.74, 6) is -1.23. The van der Waals surface area contributed by atoms with Crippen molar-refractivity contribution in [1.29, 1.82) is 0 Å². The number of rotatable bonds is 6. The van der Waals surface area contributed by atoms with Crippen LogP contribution < -0.4 is 5.32 Å². The first-order valence-electron chi connectivity index (χ1n) is 9.08. The molecule has 0 bridgehead atoms. The van der Waals surface area contributed by atoms with E-state index >= 15 is 0 Å². The largest absolute Gasteiger partial charge is 0.347 e. The summed E-state index contributed by atoms with van der Waals surface area (Å²) in [5, 5.41) is 3.00. The van der Waals surface area contributed by atoms with Gasteiger partial charge in [-0.25, -0.2) is 8.78 Å². The molecule has 138 valence electrons. The number of halogens is 2. The minimum atomic E-state index is -0.598. The fraction of sp³-hybridized carbons (Fsp3) is 0.632. The number of likely N-dealkylation sites (N-methyl/N-ethyl adjacent to an activating group) is 1. The summed E-state index contributed by atoms with van der Waals surface area (Å²) in [4.78, 5) is 17.1. The van der Waals surface area contributed by atoms with Gasteiger partial charge >= 0.3 is 0 Å². The van der Waals surface area contributed by atoms with Gasteiger partial charge in [-0.1, -0.05) is 0 Å². The number of amides is 1. The molecule has 1 N–H and O–H groups in total. The second kappa shape index (κ2) is 7.38. The topological polar surface area (TPSA) is 35.6 Å². The Morgan fingerprint density at radius 2 is 1.76 bits per heavy atom. The van der Waals surface area contributed by atoms with Gasteiger partial charge in [0.05, 0.1) is 5.54 Å². The minimum absolute atomic E-state index is 0.0388. The molecule has 3 rings (SSSR count). The van der Waals surface area contributed by atoms with Crippen LogP contribution in [0.25, 0.3) is 0 Å². The van der Waals surface area contributed by atoms with Gasteiger partial charge in [0.25, 0.3) is 0 Å². The maximum atomic E-state index is 13.4. The van der Waals surface area contributed by atoms with Crippen molar-refractivity contribution >= 4 is 5.91 Å². The number of benzene rings is 1. The lowest BCUT2D eigenvalue weighted by molar-refractivity contribution is -0.122. The molecular weight excluding hydrogens is 324 g/mol. The number of nitrogens with zero attached hydrogens (tertiary/aromatic N) is 2. The van der Waals surface area contributed by atoms with Crippen molar-refractivity contribution in [2.45, 2.75) is 44.2 Å². The van der Waals surface area contributed by atoms with E-state index in [2.05, 4.69) is 29.1 Å². The zero-order valence-electron chi connectivity index (χ0n) is 15.0. The average molecular weight is 351 g/mol. The van der Waals surface area contributed by atoms with Crippen molar-refractivity contribution in [1.82, 2.24) is 15.1 Å². The molecule has 4 nitrogen and oxygen atoms in total. The molecule has 0 unspecified atom stereocenters. The summed E-state index contributed by atoms with van der Waals surface area (Å²) < 4.78 is 26.9. The van der Waals surface area contributed by atoms with Gasteiger partial charge in [0.2, 0.25) is 5.91 Å². The summed E-state index contributed by atoms with van der Waals surface area (Å²) in [6.45, 7) is 6.35. The van der Waals surface area contributed by atoms with E-state index in [0.717, 1.165) is 51.5 Å². The molecule has 2 fully saturated rings. The second-order valence-electron chi connectivity index (χ2n) is 7.52. The Kier molecular flexibility index (Phi) is 5.39.